The quantitative estimate of drug-likeness (QED) is 0.237. The molecule has 0 aliphatic carbocycles. The molecule has 0 atom stereocenters. The van der Waals surface area contributed by atoms with Gasteiger partial charge >= 0.3 is 0 Å². The molecule has 0 N–H and O–H groups in total. The number of carbonyl (C=O) groups is 2. The summed E-state index contributed by atoms with van der Waals surface area (Å²) in [5, 5.41) is 0.377. The second-order valence-corrected chi connectivity index (χ2v) is 8.77. The molecule has 6 nitrogen and oxygen atoms in total. The number of carbonyl (C=O) groups excluding carboxylic acids is 2. The number of amides is 2. The van der Waals surface area contributed by atoms with Crippen molar-refractivity contribution in [1.29, 1.82) is 0 Å². The highest BCUT2D eigenvalue weighted by Gasteiger charge is 2.41. The molecular formula is C27H23ClN2O4S. The molecule has 8 heteroatoms. The summed E-state index contributed by atoms with van der Waals surface area (Å²) in [6.07, 6.45) is 1.37. The summed E-state index contributed by atoms with van der Waals surface area (Å²) in [6.45, 7) is 3.76. The maximum Gasteiger partial charge on any atom is 0.270 e. The van der Waals surface area contributed by atoms with Crippen LogP contribution in [0.25, 0.3) is 6.08 Å². The van der Waals surface area contributed by atoms with Gasteiger partial charge in [-0.15, -0.1) is 0 Å². The molecule has 0 bridgehead atoms. The fraction of sp³-hybridized carbons (Fsp3) is 0.148. The number of nitrogens with zero attached hydrogens (tertiary/aromatic N) is 2. The van der Waals surface area contributed by atoms with Gasteiger partial charge in [-0.2, -0.15) is 0 Å². The van der Waals surface area contributed by atoms with Crippen molar-refractivity contribution >= 4 is 58.2 Å². The lowest BCUT2D eigenvalue weighted by Crippen LogP contribution is -2.56. The molecule has 1 fully saturated rings. The minimum Gasteiger partial charge on any atom is -0.493 e. The summed E-state index contributed by atoms with van der Waals surface area (Å²) >= 11 is 12.1. The van der Waals surface area contributed by atoms with Gasteiger partial charge in [-0.3, -0.25) is 19.4 Å². The van der Waals surface area contributed by atoms with Crippen LogP contribution in [-0.4, -0.2) is 30.1 Å². The molecule has 1 aliphatic heterocycles. The Morgan fingerprint density at radius 1 is 0.886 bits per heavy atom. The number of anilines is 2. The molecule has 35 heavy (non-hydrogen) atoms. The van der Waals surface area contributed by atoms with Crippen LogP contribution in [0.4, 0.5) is 11.4 Å². The number of hydrogen-bond acceptors (Lipinski definition) is 5. The Morgan fingerprint density at radius 2 is 1.40 bits per heavy atom. The Kier molecular flexibility index (Phi) is 7.19. The molecular weight excluding hydrogens is 484 g/mol. The molecule has 0 unspecified atom stereocenters. The lowest BCUT2D eigenvalue weighted by atomic mass is 10.0. The van der Waals surface area contributed by atoms with Gasteiger partial charge in [0.05, 0.1) is 29.6 Å². The Labute approximate surface area is 214 Å². The van der Waals surface area contributed by atoms with Crippen molar-refractivity contribution in [2.24, 2.45) is 0 Å². The standard InChI is InChI=1S/C27H23ClN2O4S/c1-17(2)34-24-22(28)15-18(16-23(24)33-3)14-21-25(31)29(19-10-6-4-7-11-19)27(35)30(26(21)32)20-12-8-5-9-13-20/h4-17H,1-3H3. The van der Waals surface area contributed by atoms with Gasteiger partial charge in [0.15, 0.2) is 16.6 Å². The maximum absolute atomic E-state index is 13.6. The predicted molar refractivity (Wildman–Crippen MR) is 142 cm³/mol. The Bertz CT molecular complexity index is 1250. The van der Waals surface area contributed by atoms with E-state index in [1.165, 1.54) is 23.0 Å². The van der Waals surface area contributed by atoms with Crippen LogP contribution in [0.15, 0.2) is 78.4 Å². The normalized spacial score (nSPS) is 14.0. The Morgan fingerprint density at radius 3 is 1.86 bits per heavy atom. The van der Waals surface area contributed by atoms with Crippen LogP contribution >= 0.6 is 23.8 Å². The summed E-state index contributed by atoms with van der Waals surface area (Å²) in [7, 11) is 1.50. The smallest absolute Gasteiger partial charge is 0.270 e. The van der Waals surface area contributed by atoms with E-state index in [-0.39, 0.29) is 16.8 Å². The van der Waals surface area contributed by atoms with E-state index in [1.54, 1.807) is 60.7 Å². The molecule has 0 spiro atoms. The van der Waals surface area contributed by atoms with E-state index in [4.69, 9.17) is 33.3 Å². The number of rotatable bonds is 6. The SMILES string of the molecule is COc1cc(C=C2C(=O)N(c3ccccc3)C(=S)N(c3ccccc3)C2=O)cc(Cl)c1OC(C)C. The molecule has 1 heterocycles. The highest BCUT2D eigenvalue weighted by molar-refractivity contribution is 7.81. The summed E-state index contributed by atoms with van der Waals surface area (Å²) < 4.78 is 11.2. The van der Waals surface area contributed by atoms with Crippen molar-refractivity contribution in [1.82, 2.24) is 0 Å². The molecule has 4 rings (SSSR count). The minimum atomic E-state index is -0.532. The summed E-state index contributed by atoms with van der Waals surface area (Å²) in [5.74, 6) is -0.276. The van der Waals surface area contributed by atoms with Crippen LogP contribution < -0.4 is 19.3 Å². The lowest BCUT2D eigenvalue weighted by molar-refractivity contribution is -0.120. The maximum atomic E-state index is 13.6. The first-order valence-corrected chi connectivity index (χ1v) is 11.7. The van der Waals surface area contributed by atoms with Crippen LogP contribution in [-0.2, 0) is 9.59 Å². The summed E-state index contributed by atoms with van der Waals surface area (Å²) in [6, 6.07) is 21.2. The molecule has 0 saturated carbocycles. The van der Waals surface area contributed by atoms with Crippen molar-refractivity contribution in [3.05, 3.63) is 89.0 Å². The zero-order valence-electron chi connectivity index (χ0n) is 19.4. The second-order valence-electron chi connectivity index (χ2n) is 7.99. The molecule has 1 aliphatic rings. The Hall–Kier alpha value is -3.68. The number of ether oxygens (including phenoxy) is 2. The van der Waals surface area contributed by atoms with Crippen LogP contribution in [0.3, 0.4) is 0 Å². The second kappa shape index (κ2) is 10.3. The molecule has 0 aromatic heterocycles. The van der Waals surface area contributed by atoms with Crippen molar-refractivity contribution in [2.45, 2.75) is 20.0 Å². The molecule has 3 aromatic rings. The minimum absolute atomic E-state index is 0.0676. The van der Waals surface area contributed by atoms with Crippen molar-refractivity contribution < 1.29 is 19.1 Å². The van der Waals surface area contributed by atoms with E-state index < -0.39 is 11.8 Å². The van der Waals surface area contributed by atoms with Gasteiger partial charge in [-0.1, -0.05) is 48.0 Å². The number of benzene rings is 3. The van der Waals surface area contributed by atoms with Gasteiger partial charge < -0.3 is 9.47 Å². The monoisotopic (exact) mass is 506 g/mol. The molecule has 3 aromatic carbocycles. The topological polar surface area (TPSA) is 59.1 Å². The molecule has 1 saturated heterocycles. The predicted octanol–water partition coefficient (Wildman–Crippen LogP) is 5.88. The van der Waals surface area contributed by atoms with Gasteiger partial charge in [-0.05, 0) is 74.1 Å². The van der Waals surface area contributed by atoms with E-state index in [1.807, 2.05) is 26.0 Å². The zero-order chi connectivity index (χ0) is 25.1. The number of thiocarbonyl (C=S) groups is 1. The lowest BCUT2D eigenvalue weighted by Gasteiger charge is -2.36. The van der Waals surface area contributed by atoms with Crippen LogP contribution in [0.1, 0.15) is 19.4 Å². The summed E-state index contributed by atoms with van der Waals surface area (Å²) in [4.78, 5) is 29.9. The van der Waals surface area contributed by atoms with Gasteiger partial charge in [0.2, 0.25) is 0 Å². The van der Waals surface area contributed by atoms with E-state index >= 15 is 0 Å². The number of halogens is 1. The van der Waals surface area contributed by atoms with Crippen LogP contribution in [0.2, 0.25) is 5.02 Å². The van der Waals surface area contributed by atoms with Gasteiger partial charge in [-0.25, -0.2) is 0 Å². The first kappa shape index (κ1) is 24.4. The van der Waals surface area contributed by atoms with Crippen LogP contribution in [0, 0.1) is 0 Å². The third-order valence-electron chi connectivity index (χ3n) is 5.19. The van der Waals surface area contributed by atoms with E-state index in [0.717, 1.165) is 0 Å². The first-order chi connectivity index (χ1) is 16.8. The fourth-order valence-electron chi connectivity index (χ4n) is 3.68. The molecule has 0 radical (unpaired) electrons. The third kappa shape index (κ3) is 4.92. The average Bonchev–Trinajstić information content (AvgIpc) is 2.84. The summed E-state index contributed by atoms with van der Waals surface area (Å²) in [5.41, 5.74) is 1.55. The van der Waals surface area contributed by atoms with Crippen molar-refractivity contribution in [2.75, 3.05) is 16.9 Å². The molecule has 178 valence electrons. The average molecular weight is 507 g/mol. The first-order valence-electron chi connectivity index (χ1n) is 10.9. The van der Waals surface area contributed by atoms with E-state index in [9.17, 15) is 9.59 Å². The number of para-hydroxylation sites is 2. The van der Waals surface area contributed by atoms with Gasteiger partial charge in [0, 0.05) is 0 Å². The van der Waals surface area contributed by atoms with Crippen molar-refractivity contribution in [3.8, 4) is 11.5 Å². The largest absolute Gasteiger partial charge is 0.493 e. The number of hydrogen-bond donors (Lipinski definition) is 0. The van der Waals surface area contributed by atoms with E-state index in [2.05, 4.69) is 0 Å². The van der Waals surface area contributed by atoms with Crippen LogP contribution in [0.5, 0.6) is 11.5 Å². The number of methoxy groups -OCH3 is 1. The highest BCUT2D eigenvalue weighted by Crippen LogP contribution is 2.38. The fourth-order valence-corrected chi connectivity index (χ4v) is 4.32. The third-order valence-corrected chi connectivity index (χ3v) is 5.84. The van der Waals surface area contributed by atoms with Gasteiger partial charge in [0.25, 0.3) is 11.8 Å². The molecule has 2 amide bonds. The van der Waals surface area contributed by atoms with Gasteiger partial charge in [0.1, 0.15) is 5.57 Å². The zero-order valence-corrected chi connectivity index (χ0v) is 21.0. The van der Waals surface area contributed by atoms with Crippen molar-refractivity contribution in [3.63, 3.8) is 0 Å². The Balaban J connectivity index is 1.85. The van der Waals surface area contributed by atoms with E-state index in [0.29, 0.717) is 33.5 Å². The highest BCUT2D eigenvalue weighted by atomic mass is 35.5.